The van der Waals surface area contributed by atoms with Crippen molar-refractivity contribution < 1.29 is 14.3 Å². The molecule has 0 saturated carbocycles. The summed E-state index contributed by atoms with van der Waals surface area (Å²) in [7, 11) is 5.82. The number of benzene rings is 1. The molecule has 2 amide bonds. The van der Waals surface area contributed by atoms with Gasteiger partial charge in [0.1, 0.15) is 19.2 Å². The van der Waals surface area contributed by atoms with Gasteiger partial charge >= 0.3 is 0 Å². The molecule has 1 saturated heterocycles. The molecular formula is C30H34BN7O3. The summed E-state index contributed by atoms with van der Waals surface area (Å²) in [6.07, 6.45) is 4.33. The molecule has 2 radical (unpaired) electrons. The number of anilines is 1. The van der Waals surface area contributed by atoms with Gasteiger partial charge in [0, 0.05) is 50.1 Å². The van der Waals surface area contributed by atoms with Crippen molar-refractivity contribution in [2.24, 2.45) is 0 Å². The Labute approximate surface area is 240 Å². The molecule has 4 aromatic rings. The van der Waals surface area contributed by atoms with Crippen LogP contribution in [0.15, 0.2) is 48.7 Å². The molecule has 0 spiro atoms. The van der Waals surface area contributed by atoms with Gasteiger partial charge in [-0.3, -0.25) is 9.59 Å². The number of aryl methyl sites for hydroxylation is 2. The standard InChI is InChI=1S/C30H34BN7O3/c1-3-24-22(27(35-21-11-13-41-14-12-21)23-18-34-38(4-2)28(23)37-24)17-33-30(40)26-10-6-9-25(36-26)29(39)32-16-19-7-5-8-20(31)15-19/h5-10,15,18,21H,3-4,11-14,16-17H2,1-2H3,(H,32,39)(H,33,40)(H,35,37). The quantitative estimate of drug-likeness (QED) is 0.259. The summed E-state index contributed by atoms with van der Waals surface area (Å²) >= 11 is 0. The highest BCUT2D eigenvalue weighted by Gasteiger charge is 2.22. The van der Waals surface area contributed by atoms with Gasteiger partial charge in [0.25, 0.3) is 11.8 Å². The van der Waals surface area contributed by atoms with E-state index >= 15 is 0 Å². The van der Waals surface area contributed by atoms with Crippen molar-refractivity contribution in [2.45, 2.75) is 58.8 Å². The lowest BCUT2D eigenvalue weighted by Gasteiger charge is -2.26. The van der Waals surface area contributed by atoms with Gasteiger partial charge in [-0.15, -0.1) is 0 Å². The van der Waals surface area contributed by atoms with Crippen molar-refractivity contribution in [3.8, 4) is 0 Å². The second-order valence-corrected chi connectivity index (χ2v) is 10.0. The smallest absolute Gasteiger partial charge is 0.270 e. The first-order chi connectivity index (χ1) is 20.0. The molecular weight excluding hydrogens is 517 g/mol. The Bertz CT molecular complexity index is 1550. The van der Waals surface area contributed by atoms with Gasteiger partial charge in [-0.2, -0.15) is 5.10 Å². The molecule has 5 rings (SSSR count). The minimum Gasteiger partial charge on any atom is -0.381 e. The number of ether oxygens (including phenoxy) is 1. The maximum atomic E-state index is 13.2. The SMILES string of the molecule is [B]c1cccc(CNC(=O)c2cccc(C(=O)NCc3c(CC)nc4c(cnn4CC)c3NC3CCOCC3)n2)c1. The highest BCUT2D eigenvalue weighted by atomic mass is 16.5. The lowest BCUT2D eigenvalue weighted by molar-refractivity contribution is 0.0904. The first kappa shape index (κ1) is 28.3. The third kappa shape index (κ3) is 6.57. The van der Waals surface area contributed by atoms with Crippen LogP contribution in [0.3, 0.4) is 0 Å². The number of carbonyl (C=O) groups is 2. The van der Waals surface area contributed by atoms with Crippen LogP contribution in [0.5, 0.6) is 0 Å². The van der Waals surface area contributed by atoms with Crippen LogP contribution >= 0.6 is 0 Å². The van der Waals surface area contributed by atoms with Gasteiger partial charge in [0.2, 0.25) is 0 Å². The Morgan fingerprint density at radius 2 is 1.71 bits per heavy atom. The van der Waals surface area contributed by atoms with Crippen LogP contribution in [-0.2, 0) is 30.8 Å². The van der Waals surface area contributed by atoms with Crippen molar-refractivity contribution in [1.29, 1.82) is 0 Å². The molecule has 210 valence electrons. The summed E-state index contributed by atoms with van der Waals surface area (Å²) in [6.45, 7) is 6.78. The number of pyridine rings is 2. The fourth-order valence-electron chi connectivity index (χ4n) is 5.02. The molecule has 0 unspecified atom stereocenters. The van der Waals surface area contributed by atoms with Gasteiger partial charge in [-0.1, -0.05) is 42.7 Å². The zero-order chi connectivity index (χ0) is 28.8. The fraction of sp³-hybridized carbons (Fsp3) is 0.367. The molecule has 3 N–H and O–H groups in total. The van der Waals surface area contributed by atoms with Crippen molar-refractivity contribution in [1.82, 2.24) is 30.4 Å². The topological polar surface area (TPSA) is 123 Å². The van der Waals surface area contributed by atoms with Crippen molar-refractivity contribution >= 4 is 41.8 Å². The van der Waals surface area contributed by atoms with Crippen LogP contribution < -0.4 is 21.4 Å². The molecule has 0 bridgehead atoms. The molecule has 0 aliphatic carbocycles. The van der Waals surface area contributed by atoms with Crippen molar-refractivity contribution in [3.05, 3.63) is 76.9 Å². The molecule has 11 heteroatoms. The van der Waals surface area contributed by atoms with Crippen LogP contribution in [-0.4, -0.2) is 58.7 Å². The second kappa shape index (κ2) is 12.9. The van der Waals surface area contributed by atoms with E-state index < -0.39 is 0 Å². The number of hydrogen-bond acceptors (Lipinski definition) is 7. The van der Waals surface area contributed by atoms with Gasteiger partial charge < -0.3 is 20.7 Å². The van der Waals surface area contributed by atoms with Gasteiger partial charge in [-0.05, 0) is 43.9 Å². The maximum absolute atomic E-state index is 13.2. The fourth-order valence-corrected chi connectivity index (χ4v) is 5.02. The Hall–Kier alpha value is -4.25. The summed E-state index contributed by atoms with van der Waals surface area (Å²) in [5.41, 5.74) is 5.41. The molecule has 1 fully saturated rings. The molecule has 10 nitrogen and oxygen atoms in total. The average Bonchev–Trinajstić information content (AvgIpc) is 3.42. The number of fused-ring (bicyclic) bond motifs is 1. The Kier molecular flexibility index (Phi) is 8.93. The maximum Gasteiger partial charge on any atom is 0.270 e. The Morgan fingerprint density at radius 1 is 1.00 bits per heavy atom. The van der Waals surface area contributed by atoms with E-state index in [2.05, 4.69) is 33.0 Å². The van der Waals surface area contributed by atoms with Crippen LogP contribution in [0.1, 0.15) is 64.5 Å². The normalized spacial score (nSPS) is 13.7. The van der Waals surface area contributed by atoms with Crippen LogP contribution in [0.25, 0.3) is 11.0 Å². The lowest BCUT2D eigenvalue weighted by Crippen LogP contribution is -2.30. The zero-order valence-corrected chi connectivity index (χ0v) is 23.4. The average molecular weight is 551 g/mol. The number of hydrogen-bond donors (Lipinski definition) is 3. The molecule has 0 atom stereocenters. The van der Waals surface area contributed by atoms with E-state index in [0.717, 1.165) is 46.4 Å². The number of rotatable bonds is 10. The van der Waals surface area contributed by atoms with E-state index in [-0.39, 0.29) is 35.8 Å². The zero-order valence-electron chi connectivity index (χ0n) is 23.4. The summed E-state index contributed by atoms with van der Waals surface area (Å²) in [4.78, 5) is 35.2. The van der Waals surface area contributed by atoms with Crippen LogP contribution in [0, 0.1) is 0 Å². The highest BCUT2D eigenvalue weighted by Crippen LogP contribution is 2.31. The monoisotopic (exact) mass is 551 g/mol. The molecule has 1 aromatic carbocycles. The predicted octanol–water partition coefficient (Wildman–Crippen LogP) is 2.65. The molecule has 41 heavy (non-hydrogen) atoms. The van der Waals surface area contributed by atoms with E-state index in [9.17, 15) is 9.59 Å². The Balaban J connectivity index is 1.34. The van der Waals surface area contributed by atoms with E-state index in [0.29, 0.717) is 38.2 Å². The summed E-state index contributed by atoms with van der Waals surface area (Å²) in [5, 5.41) is 15.0. The number of carbonyl (C=O) groups excluding carboxylic acids is 2. The summed E-state index contributed by atoms with van der Waals surface area (Å²) in [5.74, 6) is -0.750. The largest absolute Gasteiger partial charge is 0.381 e. The molecule has 4 heterocycles. The number of nitrogens with zero attached hydrogens (tertiary/aromatic N) is 4. The van der Waals surface area contributed by atoms with E-state index in [4.69, 9.17) is 17.6 Å². The third-order valence-electron chi connectivity index (χ3n) is 7.22. The first-order valence-corrected chi connectivity index (χ1v) is 14.1. The number of amides is 2. The second-order valence-electron chi connectivity index (χ2n) is 10.0. The van der Waals surface area contributed by atoms with Crippen LogP contribution in [0.2, 0.25) is 0 Å². The molecule has 1 aliphatic heterocycles. The summed E-state index contributed by atoms with van der Waals surface area (Å²) < 4.78 is 7.44. The minimum absolute atomic E-state index is 0.159. The number of nitrogens with one attached hydrogen (secondary N) is 3. The molecule has 1 aliphatic rings. The van der Waals surface area contributed by atoms with Gasteiger partial charge in [-0.25, -0.2) is 14.6 Å². The predicted molar refractivity (Wildman–Crippen MR) is 158 cm³/mol. The van der Waals surface area contributed by atoms with Crippen molar-refractivity contribution in [2.75, 3.05) is 18.5 Å². The van der Waals surface area contributed by atoms with Crippen molar-refractivity contribution in [3.63, 3.8) is 0 Å². The first-order valence-electron chi connectivity index (χ1n) is 14.1. The lowest BCUT2D eigenvalue weighted by atomic mass is 9.94. The third-order valence-corrected chi connectivity index (χ3v) is 7.22. The minimum atomic E-state index is -0.376. The Morgan fingerprint density at radius 3 is 2.39 bits per heavy atom. The highest BCUT2D eigenvalue weighted by molar-refractivity contribution is 6.32. The van der Waals surface area contributed by atoms with Gasteiger partial charge in [0.05, 0.1) is 17.3 Å². The van der Waals surface area contributed by atoms with E-state index in [1.165, 1.54) is 0 Å². The van der Waals surface area contributed by atoms with E-state index in [1.807, 2.05) is 29.9 Å². The van der Waals surface area contributed by atoms with Crippen LogP contribution in [0.4, 0.5) is 5.69 Å². The molecule has 3 aromatic heterocycles. The summed E-state index contributed by atoms with van der Waals surface area (Å²) in [6, 6.07) is 12.4. The van der Waals surface area contributed by atoms with Gasteiger partial charge in [0.15, 0.2) is 5.65 Å². The van der Waals surface area contributed by atoms with E-state index in [1.54, 1.807) is 30.3 Å². The number of aromatic nitrogens is 4.